The van der Waals surface area contributed by atoms with Crippen molar-refractivity contribution in [2.45, 2.75) is 39.3 Å². The molecule has 228 valence electrons. The Kier molecular flexibility index (Phi) is 7.36. The monoisotopic (exact) mass is 645 g/mol. The Morgan fingerprint density at radius 1 is 0.844 bits per heavy atom. The van der Waals surface area contributed by atoms with Crippen LogP contribution in [0.25, 0.3) is 21.6 Å². The normalized spacial score (nSPS) is 21.1. The van der Waals surface area contributed by atoms with E-state index in [0.29, 0.717) is 16.7 Å². The number of fused-ring (bicyclic) bond motifs is 2. The van der Waals surface area contributed by atoms with Gasteiger partial charge in [-0.3, -0.25) is 14.6 Å². The summed E-state index contributed by atoms with van der Waals surface area (Å²) in [6.45, 7) is 4.10. The first-order chi connectivity index (χ1) is 21.6. The number of hydrogen-bond donors (Lipinski definition) is 0. The van der Waals surface area contributed by atoms with Crippen molar-refractivity contribution >= 4 is 73.4 Å². The Bertz CT molecular complexity index is 1920. The van der Waals surface area contributed by atoms with Gasteiger partial charge in [0, 0.05) is 23.2 Å². The number of Topliss-reactive ketones (excluding diaryl/α,β-unsaturated/α-hetero) is 2. The number of nitrogens with zero attached hydrogens (tertiary/aromatic N) is 5. The first-order valence-electron chi connectivity index (χ1n) is 14.5. The van der Waals surface area contributed by atoms with E-state index in [2.05, 4.69) is 72.2 Å². The van der Waals surface area contributed by atoms with Gasteiger partial charge in [-0.05, 0) is 69.5 Å². The molecule has 7 rings (SSSR count). The van der Waals surface area contributed by atoms with Crippen molar-refractivity contribution in [1.29, 1.82) is 0 Å². The van der Waals surface area contributed by atoms with Gasteiger partial charge in [-0.15, -0.1) is 11.3 Å². The third kappa shape index (κ3) is 5.35. The topological polar surface area (TPSA) is 88.4 Å². The molecule has 3 atom stereocenters. The molecule has 5 aromatic rings. The molecule has 45 heavy (non-hydrogen) atoms. The van der Waals surface area contributed by atoms with Gasteiger partial charge in [0.2, 0.25) is 11.6 Å². The lowest BCUT2D eigenvalue weighted by Crippen LogP contribution is -2.34. The molecule has 3 heterocycles. The first-order valence-corrected chi connectivity index (χ1v) is 16.0. The largest absolute Gasteiger partial charge is 0.391 e. The van der Waals surface area contributed by atoms with E-state index in [9.17, 15) is 22.8 Å². The fourth-order valence-electron chi connectivity index (χ4n) is 6.20. The Balaban J connectivity index is 1.24. The molecule has 0 saturated heterocycles. The predicted octanol–water partition coefficient (Wildman–Crippen LogP) is 8.72. The average Bonchev–Trinajstić information content (AvgIpc) is 3.76. The van der Waals surface area contributed by atoms with Crippen molar-refractivity contribution in [3.63, 3.8) is 0 Å². The van der Waals surface area contributed by atoms with E-state index in [1.807, 2.05) is 26.0 Å². The highest BCUT2D eigenvalue weighted by atomic mass is 32.1. The molecule has 2 fully saturated rings. The number of aryl methyl sites for hydroxylation is 2. The van der Waals surface area contributed by atoms with E-state index in [1.165, 1.54) is 6.20 Å². The van der Waals surface area contributed by atoms with Gasteiger partial charge in [0.05, 0.1) is 34.4 Å². The minimum Gasteiger partial charge on any atom is -0.302 e. The zero-order chi connectivity index (χ0) is 31.5. The maximum Gasteiger partial charge on any atom is 0.391 e. The van der Waals surface area contributed by atoms with Crippen molar-refractivity contribution in [3.05, 3.63) is 78.0 Å². The molecule has 0 amide bonds. The van der Waals surface area contributed by atoms with Gasteiger partial charge >= 0.3 is 6.18 Å². The number of alkyl halides is 3. The van der Waals surface area contributed by atoms with Crippen LogP contribution in [0.4, 0.5) is 35.2 Å². The molecule has 12 heteroatoms. The molecule has 0 aliphatic heterocycles. The van der Waals surface area contributed by atoms with Crippen molar-refractivity contribution in [2.24, 2.45) is 22.7 Å². The van der Waals surface area contributed by atoms with Crippen molar-refractivity contribution in [1.82, 2.24) is 13.7 Å². The number of anilines is 3. The Morgan fingerprint density at radius 3 is 2.13 bits per heavy atom. The van der Waals surface area contributed by atoms with Crippen molar-refractivity contribution < 1.29 is 22.8 Å². The second kappa shape index (κ2) is 11.3. The summed E-state index contributed by atoms with van der Waals surface area (Å²) in [5, 5.41) is 0.968. The van der Waals surface area contributed by atoms with Crippen molar-refractivity contribution in [2.75, 3.05) is 4.90 Å². The fourth-order valence-corrected chi connectivity index (χ4v) is 7.80. The molecule has 2 aromatic carbocycles. The molecule has 3 aromatic heterocycles. The van der Waals surface area contributed by atoms with E-state index < -0.39 is 35.5 Å². The fraction of sp³-hybridized carbons (Fsp3) is 0.273. The molecule has 0 spiro atoms. The Morgan fingerprint density at radius 2 is 1.49 bits per heavy atom. The van der Waals surface area contributed by atoms with Gasteiger partial charge in [0.15, 0.2) is 0 Å². The lowest BCUT2D eigenvalue weighted by molar-refractivity contribution is -0.187. The smallest absolute Gasteiger partial charge is 0.302 e. The summed E-state index contributed by atoms with van der Waals surface area (Å²) < 4.78 is 49.1. The van der Waals surface area contributed by atoms with Gasteiger partial charge in [0.25, 0.3) is 0 Å². The van der Waals surface area contributed by atoms with Gasteiger partial charge in [-0.2, -0.15) is 21.9 Å². The number of thiophene rings is 1. The zero-order valence-electron chi connectivity index (χ0n) is 24.2. The number of halogens is 3. The number of carbonyl (C=O) groups excluding carboxylic acids is 2. The highest BCUT2D eigenvalue weighted by Crippen LogP contribution is 2.47. The molecule has 0 bridgehead atoms. The van der Waals surface area contributed by atoms with Crippen molar-refractivity contribution in [3.8, 4) is 10.6 Å². The summed E-state index contributed by atoms with van der Waals surface area (Å²) in [4.78, 5) is 37.9. The highest BCUT2D eigenvalue weighted by Gasteiger charge is 2.54. The summed E-state index contributed by atoms with van der Waals surface area (Å²) in [6, 6.07) is 20.6. The van der Waals surface area contributed by atoms with E-state index in [0.717, 1.165) is 44.1 Å². The number of aromatic nitrogens is 3. The number of pyridine rings is 1. The minimum atomic E-state index is -4.40. The van der Waals surface area contributed by atoms with Crippen LogP contribution in [0.15, 0.2) is 71.9 Å². The van der Waals surface area contributed by atoms with Crippen LogP contribution in [0, 0.1) is 31.6 Å². The Labute approximate surface area is 264 Å². The first kappa shape index (κ1) is 29.4. The molecule has 0 N–H and O–H groups in total. The highest BCUT2D eigenvalue weighted by molar-refractivity contribution is 7.19. The van der Waals surface area contributed by atoms with Crippen LogP contribution in [0.2, 0.25) is 0 Å². The molecule has 0 radical (unpaired) electrons. The lowest BCUT2D eigenvalue weighted by atomic mass is 9.75. The van der Waals surface area contributed by atoms with Gasteiger partial charge in [0.1, 0.15) is 27.4 Å². The number of hydrogen-bond acceptors (Lipinski definition) is 9. The van der Waals surface area contributed by atoms with Crippen LogP contribution in [0.3, 0.4) is 0 Å². The molecular formula is C33H26F3N5O2S2. The number of rotatable bonds is 5. The Hall–Kier alpha value is -4.29. The van der Waals surface area contributed by atoms with E-state index in [-0.39, 0.29) is 30.7 Å². The number of carbonyl (C=O) groups is 2. The summed E-state index contributed by atoms with van der Waals surface area (Å²) in [5.41, 5.74) is 6.14. The second-order valence-corrected chi connectivity index (χ2v) is 13.1. The summed E-state index contributed by atoms with van der Waals surface area (Å²) in [7, 11) is 0. The van der Waals surface area contributed by atoms with Crippen LogP contribution in [0.1, 0.15) is 30.4 Å². The molecule has 7 nitrogen and oxygen atoms in total. The summed E-state index contributed by atoms with van der Waals surface area (Å²) in [5.74, 6) is -4.83. The lowest BCUT2D eigenvalue weighted by Gasteiger charge is -2.31. The maximum atomic E-state index is 13.4. The molecule has 2 aliphatic rings. The molecule has 3 unspecified atom stereocenters. The van der Waals surface area contributed by atoms with Crippen LogP contribution in [-0.4, -0.2) is 37.2 Å². The number of aliphatic imine (C=N–C) groups is 1. The summed E-state index contributed by atoms with van der Waals surface area (Å²) >= 11 is 2.52. The summed E-state index contributed by atoms with van der Waals surface area (Å²) in [6.07, 6.45) is -3.35. The molecular weight excluding hydrogens is 620 g/mol. The van der Waals surface area contributed by atoms with E-state index in [1.54, 1.807) is 11.3 Å². The quantitative estimate of drug-likeness (QED) is 0.178. The second-order valence-electron chi connectivity index (χ2n) is 11.6. The van der Waals surface area contributed by atoms with E-state index >= 15 is 0 Å². The third-order valence-electron chi connectivity index (χ3n) is 8.60. The maximum absolute atomic E-state index is 13.4. The third-order valence-corrected chi connectivity index (χ3v) is 10.2. The predicted molar refractivity (Wildman–Crippen MR) is 170 cm³/mol. The number of ketones is 2. The van der Waals surface area contributed by atoms with Gasteiger partial charge < -0.3 is 4.90 Å². The molecule has 2 saturated carbocycles. The van der Waals surface area contributed by atoms with Crippen LogP contribution >= 0.6 is 23.1 Å². The molecule has 2 aliphatic carbocycles. The van der Waals surface area contributed by atoms with E-state index in [4.69, 9.17) is 0 Å². The standard InChI is InChI=1S/C33H26F3N5O2S2/c1-17-3-8-20(9-4-17)41(21-10-5-18(2)6-11-21)26-14-13-25(44-26)29-30-28(39-45-40-30)24(16-37-29)38-27-22-12-7-19(33(34,35)36)15-23(22)31(42)32(27)43/h3-6,8-11,13-14,16,19,22-23H,7,12,15H2,1-2H3. The van der Waals surface area contributed by atoms with Gasteiger partial charge in [-0.1, -0.05) is 35.4 Å². The van der Waals surface area contributed by atoms with Crippen LogP contribution in [0.5, 0.6) is 0 Å². The average molecular weight is 646 g/mol. The SMILES string of the molecule is Cc1ccc(N(c2ccc(C)cc2)c2ccc(-c3ncc(N=C4C(=O)C(=O)C5CC(C(F)(F)F)CCC45)c4nsnc34)s2)cc1. The zero-order valence-corrected chi connectivity index (χ0v) is 25.8. The van der Waals surface area contributed by atoms with Crippen LogP contribution in [-0.2, 0) is 9.59 Å². The van der Waals surface area contributed by atoms with Gasteiger partial charge in [-0.25, -0.2) is 4.99 Å². The minimum absolute atomic E-state index is 0.000258. The van der Waals surface area contributed by atoms with Crippen LogP contribution < -0.4 is 4.90 Å². The number of benzene rings is 2.